The molecule has 64 valence electrons. The van der Waals surface area contributed by atoms with Crippen molar-refractivity contribution in [3.05, 3.63) is 23.8 Å². The van der Waals surface area contributed by atoms with E-state index in [1.807, 2.05) is 6.07 Å². The highest BCUT2D eigenvalue weighted by Crippen LogP contribution is 2.24. The van der Waals surface area contributed by atoms with Crippen molar-refractivity contribution in [2.45, 2.75) is 0 Å². The molecule has 1 N–H and O–H groups in total. The average molecular weight is 173 g/mol. The van der Waals surface area contributed by atoms with Gasteiger partial charge in [-0.3, -0.25) is 5.32 Å². The Balaban J connectivity index is 3.11. The predicted octanol–water partition coefficient (Wildman–Crippen LogP) is 1.46. The van der Waals surface area contributed by atoms with E-state index in [1.54, 1.807) is 24.4 Å². The minimum absolute atomic E-state index is 0.487. The van der Waals surface area contributed by atoms with E-state index < -0.39 is 0 Å². The van der Waals surface area contributed by atoms with Crippen LogP contribution in [0.1, 0.15) is 5.56 Å². The summed E-state index contributed by atoms with van der Waals surface area (Å²) >= 11 is 0. The lowest BCUT2D eigenvalue weighted by atomic mass is 10.2. The summed E-state index contributed by atoms with van der Waals surface area (Å²) in [4.78, 5) is 0. The Kier molecular flexibility index (Phi) is 2.73. The van der Waals surface area contributed by atoms with Crippen LogP contribution in [0.15, 0.2) is 18.2 Å². The molecule has 0 amide bonds. The van der Waals surface area contributed by atoms with Gasteiger partial charge in [-0.25, -0.2) is 0 Å². The molecule has 13 heavy (non-hydrogen) atoms. The molecule has 1 rings (SSSR count). The summed E-state index contributed by atoms with van der Waals surface area (Å²) in [5.74, 6) is 0.487. The highest BCUT2D eigenvalue weighted by atomic mass is 16.5. The number of ether oxygens (including phenoxy) is 1. The summed E-state index contributed by atoms with van der Waals surface area (Å²) in [5, 5.41) is 19.4. The summed E-state index contributed by atoms with van der Waals surface area (Å²) in [6, 6.07) is 6.79. The molecule has 0 aliphatic rings. The van der Waals surface area contributed by atoms with Crippen LogP contribution in [-0.2, 0) is 0 Å². The van der Waals surface area contributed by atoms with Crippen molar-refractivity contribution in [3.63, 3.8) is 0 Å². The molecule has 4 nitrogen and oxygen atoms in total. The second-order valence-electron chi connectivity index (χ2n) is 2.26. The zero-order valence-corrected chi connectivity index (χ0v) is 7.03. The van der Waals surface area contributed by atoms with E-state index in [1.165, 1.54) is 7.11 Å². The molecule has 0 aromatic heterocycles. The number of nitriles is 2. The molecule has 0 fully saturated rings. The summed E-state index contributed by atoms with van der Waals surface area (Å²) in [7, 11) is 1.49. The highest BCUT2D eigenvalue weighted by Gasteiger charge is 2.02. The third-order valence-electron chi connectivity index (χ3n) is 1.52. The van der Waals surface area contributed by atoms with Gasteiger partial charge in [-0.15, -0.1) is 0 Å². The smallest absolute Gasteiger partial charge is 0.181 e. The minimum Gasteiger partial charge on any atom is -0.495 e. The molecule has 0 saturated heterocycles. The molecular formula is C9H7N3O. The Bertz CT molecular complexity index is 387. The van der Waals surface area contributed by atoms with Crippen LogP contribution in [0.2, 0.25) is 0 Å². The van der Waals surface area contributed by atoms with Crippen molar-refractivity contribution < 1.29 is 4.74 Å². The van der Waals surface area contributed by atoms with Crippen LogP contribution in [0.25, 0.3) is 0 Å². The van der Waals surface area contributed by atoms with Gasteiger partial charge in [-0.1, -0.05) is 0 Å². The zero-order chi connectivity index (χ0) is 9.68. The fraction of sp³-hybridized carbons (Fsp3) is 0.111. The Morgan fingerprint density at radius 1 is 1.38 bits per heavy atom. The first kappa shape index (κ1) is 8.89. The van der Waals surface area contributed by atoms with Crippen LogP contribution in [0.4, 0.5) is 5.69 Å². The fourth-order valence-corrected chi connectivity index (χ4v) is 0.924. The van der Waals surface area contributed by atoms with E-state index in [0.717, 1.165) is 0 Å². The quantitative estimate of drug-likeness (QED) is 0.543. The maximum absolute atomic E-state index is 8.59. The van der Waals surface area contributed by atoms with E-state index >= 15 is 0 Å². The number of rotatable bonds is 2. The first-order valence-corrected chi connectivity index (χ1v) is 3.55. The SMILES string of the molecule is COc1cc(C#N)ccc1NC#N. The van der Waals surface area contributed by atoms with Crippen LogP contribution < -0.4 is 10.1 Å². The number of nitrogens with one attached hydrogen (secondary N) is 1. The maximum Gasteiger partial charge on any atom is 0.181 e. The lowest BCUT2D eigenvalue weighted by molar-refractivity contribution is 0.416. The predicted molar refractivity (Wildman–Crippen MR) is 46.9 cm³/mol. The fourth-order valence-electron chi connectivity index (χ4n) is 0.924. The maximum atomic E-state index is 8.59. The Morgan fingerprint density at radius 2 is 2.15 bits per heavy atom. The lowest BCUT2D eigenvalue weighted by Gasteiger charge is -2.05. The van der Waals surface area contributed by atoms with Gasteiger partial charge in [-0.2, -0.15) is 10.5 Å². The van der Waals surface area contributed by atoms with Gasteiger partial charge < -0.3 is 4.74 Å². The summed E-state index contributed by atoms with van der Waals surface area (Å²) in [6.07, 6.45) is 1.78. The van der Waals surface area contributed by atoms with Gasteiger partial charge in [0.05, 0.1) is 24.4 Å². The van der Waals surface area contributed by atoms with E-state index in [4.69, 9.17) is 15.3 Å². The molecule has 0 atom stereocenters. The molecule has 1 aromatic carbocycles. The topological polar surface area (TPSA) is 68.8 Å². The molecule has 4 heteroatoms. The van der Waals surface area contributed by atoms with E-state index in [9.17, 15) is 0 Å². The average Bonchev–Trinajstić information content (AvgIpc) is 2.19. The molecule has 0 aliphatic carbocycles. The first-order valence-electron chi connectivity index (χ1n) is 3.55. The van der Waals surface area contributed by atoms with Gasteiger partial charge >= 0.3 is 0 Å². The van der Waals surface area contributed by atoms with Crippen LogP contribution in [-0.4, -0.2) is 7.11 Å². The van der Waals surface area contributed by atoms with Crippen molar-refractivity contribution >= 4 is 5.69 Å². The number of nitrogens with zero attached hydrogens (tertiary/aromatic N) is 2. The van der Waals surface area contributed by atoms with Crippen LogP contribution in [0.5, 0.6) is 5.75 Å². The van der Waals surface area contributed by atoms with E-state index in [2.05, 4.69) is 5.32 Å². The second kappa shape index (κ2) is 3.99. The summed E-state index contributed by atoms with van der Waals surface area (Å²) < 4.78 is 4.98. The van der Waals surface area contributed by atoms with E-state index in [0.29, 0.717) is 17.0 Å². The van der Waals surface area contributed by atoms with Gasteiger partial charge in [-0.05, 0) is 12.1 Å². The molecule has 0 saturated carbocycles. The number of anilines is 1. The molecule has 0 unspecified atom stereocenters. The van der Waals surface area contributed by atoms with Gasteiger partial charge in [0.25, 0.3) is 0 Å². The third-order valence-corrected chi connectivity index (χ3v) is 1.52. The number of methoxy groups -OCH3 is 1. The Morgan fingerprint density at radius 3 is 2.69 bits per heavy atom. The van der Waals surface area contributed by atoms with E-state index in [-0.39, 0.29) is 0 Å². The van der Waals surface area contributed by atoms with Crippen molar-refractivity contribution in [2.75, 3.05) is 12.4 Å². The largest absolute Gasteiger partial charge is 0.495 e. The highest BCUT2D eigenvalue weighted by molar-refractivity contribution is 5.61. The molecule has 0 aliphatic heterocycles. The first-order chi connectivity index (χ1) is 6.31. The van der Waals surface area contributed by atoms with Gasteiger partial charge in [0.1, 0.15) is 5.75 Å². The third kappa shape index (κ3) is 1.88. The van der Waals surface area contributed by atoms with Gasteiger partial charge in [0.2, 0.25) is 0 Å². The molecule has 0 spiro atoms. The standard InChI is InChI=1S/C9H7N3O/c1-13-9-4-7(5-10)2-3-8(9)12-6-11/h2-4,12H,1H3. The van der Waals surface area contributed by atoms with Crippen LogP contribution in [0.3, 0.4) is 0 Å². The Labute approximate surface area is 76.0 Å². The number of hydrogen-bond acceptors (Lipinski definition) is 4. The minimum atomic E-state index is 0.487. The summed E-state index contributed by atoms with van der Waals surface area (Å²) in [6.45, 7) is 0. The number of hydrogen-bond donors (Lipinski definition) is 1. The molecule has 0 heterocycles. The van der Waals surface area contributed by atoms with Crippen molar-refractivity contribution in [1.82, 2.24) is 0 Å². The monoisotopic (exact) mass is 173 g/mol. The van der Waals surface area contributed by atoms with Crippen molar-refractivity contribution in [2.24, 2.45) is 0 Å². The molecular weight excluding hydrogens is 166 g/mol. The van der Waals surface area contributed by atoms with Gasteiger partial charge in [0.15, 0.2) is 6.19 Å². The molecule has 0 bridgehead atoms. The summed E-state index contributed by atoms with van der Waals surface area (Å²) in [5.41, 5.74) is 1.06. The van der Waals surface area contributed by atoms with Crippen LogP contribution in [0, 0.1) is 22.8 Å². The van der Waals surface area contributed by atoms with Crippen molar-refractivity contribution in [1.29, 1.82) is 10.5 Å². The van der Waals surface area contributed by atoms with Crippen molar-refractivity contribution in [3.8, 4) is 18.0 Å². The normalized spacial score (nSPS) is 8.23. The molecule has 0 radical (unpaired) electrons. The lowest BCUT2D eigenvalue weighted by Crippen LogP contribution is -1.93. The molecule has 1 aromatic rings. The number of benzene rings is 1. The van der Waals surface area contributed by atoms with Gasteiger partial charge in [0, 0.05) is 6.07 Å². The zero-order valence-electron chi connectivity index (χ0n) is 7.03. The van der Waals surface area contributed by atoms with Crippen LogP contribution >= 0.6 is 0 Å². The second-order valence-corrected chi connectivity index (χ2v) is 2.26. The Hall–Kier alpha value is -2.20.